The van der Waals surface area contributed by atoms with Crippen LogP contribution in [0.25, 0.3) is 0 Å². The third kappa shape index (κ3) is 2.96. The van der Waals surface area contributed by atoms with Crippen LogP contribution in [0.4, 0.5) is 5.69 Å². The van der Waals surface area contributed by atoms with Gasteiger partial charge in [-0.1, -0.05) is 6.42 Å². The summed E-state index contributed by atoms with van der Waals surface area (Å²) in [6.07, 6.45) is 2.95. The summed E-state index contributed by atoms with van der Waals surface area (Å²) >= 11 is 0. The van der Waals surface area contributed by atoms with Gasteiger partial charge in [0, 0.05) is 23.4 Å². The van der Waals surface area contributed by atoms with E-state index in [2.05, 4.69) is 4.90 Å². The van der Waals surface area contributed by atoms with Gasteiger partial charge in [0.05, 0.1) is 12.6 Å². The van der Waals surface area contributed by atoms with E-state index in [9.17, 15) is 4.79 Å². The minimum atomic E-state index is -0.253. The average Bonchev–Trinajstić information content (AvgIpc) is 2.47. The fraction of sp³-hybridized carbons (Fsp3) is 0.533. The molecule has 114 valence electrons. The second-order valence-electron chi connectivity index (χ2n) is 5.66. The van der Waals surface area contributed by atoms with Gasteiger partial charge in [0.1, 0.15) is 5.75 Å². The van der Waals surface area contributed by atoms with Crippen LogP contribution in [0.1, 0.15) is 30.4 Å². The molecular formula is C15H21N3O3. The number of nitrogens with zero attached hydrogens (tertiary/aromatic N) is 1. The third-order valence-corrected chi connectivity index (χ3v) is 4.12. The Labute approximate surface area is 124 Å². The molecule has 1 aromatic rings. The van der Waals surface area contributed by atoms with Gasteiger partial charge < -0.3 is 20.9 Å². The van der Waals surface area contributed by atoms with Crippen molar-refractivity contribution in [1.82, 2.24) is 4.90 Å². The number of hydrogen-bond donors (Lipinski definition) is 2. The molecule has 0 bridgehead atoms. The highest BCUT2D eigenvalue weighted by atomic mass is 16.7. The molecule has 1 fully saturated rings. The largest absolute Gasteiger partial charge is 0.467 e. The summed E-state index contributed by atoms with van der Waals surface area (Å²) in [6, 6.07) is 3.59. The first kappa shape index (κ1) is 14.2. The van der Waals surface area contributed by atoms with Crippen LogP contribution in [0.3, 0.4) is 0 Å². The number of nitrogen functional groups attached to an aromatic ring is 1. The summed E-state index contributed by atoms with van der Waals surface area (Å²) in [4.78, 5) is 13.7. The number of primary amides is 1. The van der Waals surface area contributed by atoms with Crippen molar-refractivity contribution in [2.75, 3.05) is 19.1 Å². The summed E-state index contributed by atoms with van der Waals surface area (Å²) in [6.45, 7) is 2.25. The molecule has 0 spiro atoms. The summed E-state index contributed by atoms with van der Waals surface area (Å²) in [5.41, 5.74) is 14.1. The summed E-state index contributed by atoms with van der Waals surface area (Å²) < 4.78 is 10.9. The molecule has 1 aromatic carbocycles. The van der Waals surface area contributed by atoms with Crippen molar-refractivity contribution >= 4 is 11.6 Å². The number of piperidine rings is 1. The van der Waals surface area contributed by atoms with Crippen molar-refractivity contribution in [3.8, 4) is 5.75 Å². The second-order valence-corrected chi connectivity index (χ2v) is 5.66. The smallest absolute Gasteiger partial charge is 0.234 e. The standard InChI is InChI=1S/C15H21N3O3/c16-12-5-10(14-11(6-12)8-20-9-21-14)7-18-4-2-1-3-13(18)15(17)19/h5-6,13H,1-4,7-9,16H2,(H2,17,19). The Hall–Kier alpha value is -1.79. The third-order valence-electron chi connectivity index (χ3n) is 4.12. The zero-order valence-corrected chi connectivity index (χ0v) is 12.0. The second kappa shape index (κ2) is 5.91. The Morgan fingerprint density at radius 2 is 2.24 bits per heavy atom. The minimum Gasteiger partial charge on any atom is -0.467 e. The molecule has 0 radical (unpaired) electrons. The van der Waals surface area contributed by atoms with E-state index in [1.807, 2.05) is 12.1 Å². The number of fused-ring (bicyclic) bond motifs is 1. The number of ether oxygens (including phenoxy) is 2. The molecule has 0 aromatic heterocycles. The Morgan fingerprint density at radius 1 is 1.38 bits per heavy atom. The molecule has 2 aliphatic rings. The predicted molar refractivity (Wildman–Crippen MR) is 78.4 cm³/mol. The first-order valence-electron chi connectivity index (χ1n) is 7.30. The number of carbonyl (C=O) groups excluding carboxylic acids is 1. The number of carbonyl (C=O) groups is 1. The maximum absolute atomic E-state index is 11.6. The number of benzene rings is 1. The number of rotatable bonds is 3. The number of nitrogens with two attached hydrogens (primary N) is 2. The molecule has 4 N–H and O–H groups in total. The van der Waals surface area contributed by atoms with E-state index >= 15 is 0 Å². The quantitative estimate of drug-likeness (QED) is 0.810. The van der Waals surface area contributed by atoms with Crippen LogP contribution in [0.15, 0.2) is 12.1 Å². The van der Waals surface area contributed by atoms with Crippen LogP contribution in [0.5, 0.6) is 5.75 Å². The zero-order valence-electron chi connectivity index (χ0n) is 12.0. The lowest BCUT2D eigenvalue weighted by molar-refractivity contribution is -0.124. The van der Waals surface area contributed by atoms with Crippen molar-refractivity contribution in [3.05, 3.63) is 23.3 Å². The normalized spacial score (nSPS) is 22.4. The molecular weight excluding hydrogens is 270 g/mol. The van der Waals surface area contributed by atoms with Crippen LogP contribution >= 0.6 is 0 Å². The highest BCUT2D eigenvalue weighted by molar-refractivity contribution is 5.80. The van der Waals surface area contributed by atoms with Gasteiger partial charge in [0.2, 0.25) is 5.91 Å². The fourth-order valence-corrected chi connectivity index (χ4v) is 3.16. The van der Waals surface area contributed by atoms with Crippen molar-refractivity contribution in [3.63, 3.8) is 0 Å². The summed E-state index contributed by atoms with van der Waals surface area (Å²) in [7, 11) is 0. The number of likely N-dealkylation sites (tertiary alicyclic amines) is 1. The number of hydrogen-bond acceptors (Lipinski definition) is 5. The van der Waals surface area contributed by atoms with E-state index in [-0.39, 0.29) is 18.7 Å². The van der Waals surface area contributed by atoms with Crippen molar-refractivity contribution in [2.24, 2.45) is 5.73 Å². The monoisotopic (exact) mass is 291 g/mol. The predicted octanol–water partition coefficient (Wildman–Crippen LogP) is 0.975. The van der Waals surface area contributed by atoms with Crippen molar-refractivity contribution < 1.29 is 14.3 Å². The number of anilines is 1. The highest BCUT2D eigenvalue weighted by Gasteiger charge is 2.28. The Morgan fingerprint density at radius 3 is 3.05 bits per heavy atom. The molecule has 21 heavy (non-hydrogen) atoms. The molecule has 3 rings (SSSR count). The molecule has 0 aliphatic carbocycles. The van der Waals surface area contributed by atoms with Gasteiger partial charge in [0.15, 0.2) is 6.79 Å². The van der Waals surface area contributed by atoms with Gasteiger partial charge in [-0.05, 0) is 31.5 Å². The SMILES string of the molecule is NC(=O)C1CCCCN1Cc1cc(N)cc2c1OCOC2. The first-order valence-corrected chi connectivity index (χ1v) is 7.30. The van der Waals surface area contributed by atoms with Gasteiger partial charge in [-0.25, -0.2) is 0 Å². The van der Waals surface area contributed by atoms with Crippen molar-refractivity contribution in [1.29, 1.82) is 0 Å². The Bertz CT molecular complexity index is 547. The topological polar surface area (TPSA) is 90.8 Å². The van der Waals surface area contributed by atoms with Gasteiger partial charge >= 0.3 is 0 Å². The molecule has 1 saturated heterocycles. The van der Waals surface area contributed by atoms with E-state index < -0.39 is 0 Å². The lowest BCUT2D eigenvalue weighted by atomic mass is 9.99. The maximum atomic E-state index is 11.6. The molecule has 6 heteroatoms. The lowest BCUT2D eigenvalue weighted by Gasteiger charge is -2.34. The zero-order chi connectivity index (χ0) is 14.8. The van der Waals surface area contributed by atoms with Crippen molar-refractivity contribution in [2.45, 2.75) is 38.5 Å². The molecule has 1 amide bonds. The van der Waals surface area contributed by atoms with E-state index in [1.165, 1.54) is 0 Å². The van der Waals surface area contributed by atoms with Crippen LogP contribution in [0, 0.1) is 0 Å². The Balaban J connectivity index is 1.86. The Kier molecular flexibility index (Phi) is 3.98. The van der Waals surface area contributed by atoms with Crippen LogP contribution in [-0.4, -0.2) is 30.2 Å². The molecule has 2 heterocycles. The first-order chi connectivity index (χ1) is 10.1. The molecule has 6 nitrogen and oxygen atoms in total. The summed E-state index contributed by atoms with van der Waals surface area (Å²) in [5, 5.41) is 0. The molecule has 1 unspecified atom stereocenters. The van der Waals surface area contributed by atoms with Gasteiger partial charge in [-0.3, -0.25) is 9.69 Å². The fourth-order valence-electron chi connectivity index (χ4n) is 3.16. The molecule has 0 saturated carbocycles. The van der Waals surface area contributed by atoms with Crippen LogP contribution < -0.4 is 16.2 Å². The maximum Gasteiger partial charge on any atom is 0.234 e. The highest BCUT2D eigenvalue weighted by Crippen LogP contribution is 2.32. The van der Waals surface area contributed by atoms with Gasteiger partial charge in [0.25, 0.3) is 0 Å². The minimum absolute atomic E-state index is 0.198. The van der Waals surface area contributed by atoms with E-state index in [0.717, 1.165) is 42.7 Å². The van der Waals surface area contributed by atoms with Gasteiger partial charge in [-0.15, -0.1) is 0 Å². The molecule has 2 aliphatic heterocycles. The molecule has 1 atom stereocenters. The lowest BCUT2D eigenvalue weighted by Crippen LogP contribution is -2.47. The van der Waals surface area contributed by atoms with E-state index in [0.29, 0.717) is 18.8 Å². The van der Waals surface area contributed by atoms with E-state index in [4.69, 9.17) is 20.9 Å². The number of amides is 1. The average molecular weight is 291 g/mol. The van der Waals surface area contributed by atoms with Gasteiger partial charge in [-0.2, -0.15) is 0 Å². The van der Waals surface area contributed by atoms with Crippen LogP contribution in [-0.2, 0) is 22.7 Å². The van der Waals surface area contributed by atoms with E-state index in [1.54, 1.807) is 0 Å². The van der Waals surface area contributed by atoms with Crippen LogP contribution in [0.2, 0.25) is 0 Å². The summed E-state index contributed by atoms with van der Waals surface area (Å²) in [5.74, 6) is 0.584.